The van der Waals surface area contributed by atoms with Gasteiger partial charge in [-0.1, -0.05) is 24.1 Å². The quantitative estimate of drug-likeness (QED) is 0.842. The van der Waals surface area contributed by atoms with E-state index in [2.05, 4.69) is 5.32 Å². The van der Waals surface area contributed by atoms with Crippen LogP contribution in [0.25, 0.3) is 0 Å². The summed E-state index contributed by atoms with van der Waals surface area (Å²) in [7, 11) is 0. The molecule has 118 valence electrons. The minimum Gasteiger partial charge on any atom is -0.456 e. The van der Waals surface area contributed by atoms with Crippen molar-refractivity contribution in [1.82, 2.24) is 0 Å². The molecule has 2 aliphatic carbocycles. The Balaban J connectivity index is 1.40. The van der Waals surface area contributed by atoms with Gasteiger partial charge in [-0.15, -0.1) is 0 Å². The summed E-state index contributed by atoms with van der Waals surface area (Å²) in [6.07, 6.45) is 5.43. The van der Waals surface area contributed by atoms with E-state index < -0.39 is 0 Å². The number of esters is 1. The van der Waals surface area contributed by atoms with Crippen LogP contribution in [-0.4, -0.2) is 18.5 Å². The highest BCUT2D eigenvalue weighted by Gasteiger charge is 2.40. The normalized spacial score (nSPS) is 26.0. The van der Waals surface area contributed by atoms with E-state index in [1.165, 1.54) is 19.3 Å². The standard InChI is InChI=1S/C17H20ClNO3/c18-14-2-1-3-15(9-14)19-16(20)10-22-17(21)8-13-7-11-4-5-12(13)6-11/h1-3,9,11-13H,4-8,10H2,(H,19,20)/t11-,12-,13-/m1/s1. The van der Waals surface area contributed by atoms with E-state index in [4.69, 9.17) is 16.3 Å². The number of nitrogens with one attached hydrogen (secondary N) is 1. The molecular weight excluding hydrogens is 302 g/mol. The number of anilines is 1. The molecule has 0 saturated heterocycles. The number of benzene rings is 1. The maximum atomic E-state index is 11.9. The zero-order valence-corrected chi connectivity index (χ0v) is 13.1. The van der Waals surface area contributed by atoms with Gasteiger partial charge in [0.2, 0.25) is 0 Å². The SMILES string of the molecule is O=C(COC(=O)C[C@H]1C[C@@H]2CC[C@@H]1C2)Nc1cccc(Cl)c1. The lowest BCUT2D eigenvalue weighted by Gasteiger charge is -2.20. The number of hydrogen-bond donors (Lipinski definition) is 1. The van der Waals surface area contributed by atoms with Gasteiger partial charge in [-0.2, -0.15) is 0 Å². The van der Waals surface area contributed by atoms with Crippen molar-refractivity contribution in [1.29, 1.82) is 0 Å². The summed E-state index contributed by atoms with van der Waals surface area (Å²) in [6.45, 7) is -0.244. The summed E-state index contributed by atoms with van der Waals surface area (Å²) < 4.78 is 5.09. The smallest absolute Gasteiger partial charge is 0.306 e. The molecule has 0 unspecified atom stereocenters. The van der Waals surface area contributed by atoms with E-state index in [1.807, 2.05) is 0 Å². The summed E-state index contributed by atoms with van der Waals surface area (Å²) in [5.41, 5.74) is 0.599. The van der Waals surface area contributed by atoms with E-state index in [0.29, 0.717) is 29.0 Å². The van der Waals surface area contributed by atoms with Crippen molar-refractivity contribution in [2.24, 2.45) is 17.8 Å². The first-order valence-electron chi connectivity index (χ1n) is 7.81. The van der Waals surface area contributed by atoms with Crippen molar-refractivity contribution in [3.05, 3.63) is 29.3 Å². The molecule has 2 saturated carbocycles. The number of halogens is 1. The molecule has 1 aromatic carbocycles. The first-order valence-corrected chi connectivity index (χ1v) is 8.19. The van der Waals surface area contributed by atoms with Crippen molar-refractivity contribution < 1.29 is 14.3 Å². The Morgan fingerprint density at radius 2 is 2.14 bits per heavy atom. The highest BCUT2D eigenvalue weighted by Crippen LogP contribution is 2.49. The van der Waals surface area contributed by atoms with Gasteiger partial charge < -0.3 is 10.1 Å². The second-order valence-electron chi connectivity index (χ2n) is 6.36. The Hall–Kier alpha value is -1.55. The van der Waals surface area contributed by atoms with Gasteiger partial charge in [0.05, 0.1) is 0 Å². The summed E-state index contributed by atoms with van der Waals surface area (Å²) in [4.78, 5) is 23.6. The van der Waals surface area contributed by atoms with Crippen LogP contribution >= 0.6 is 11.6 Å². The average Bonchev–Trinajstić information content (AvgIpc) is 3.08. The predicted molar refractivity (Wildman–Crippen MR) is 84.6 cm³/mol. The lowest BCUT2D eigenvalue weighted by molar-refractivity contribution is -0.148. The van der Waals surface area contributed by atoms with Crippen LogP contribution in [0.1, 0.15) is 32.1 Å². The fourth-order valence-corrected chi connectivity index (χ4v) is 4.00. The summed E-state index contributed by atoms with van der Waals surface area (Å²) in [5, 5.41) is 3.21. The van der Waals surface area contributed by atoms with Crippen molar-refractivity contribution >= 4 is 29.2 Å². The first kappa shape index (κ1) is 15.3. The van der Waals surface area contributed by atoms with E-state index in [-0.39, 0.29) is 18.5 Å². The molecule has 5 heteroatoms. The van der Waals surface area contributed by atoms with Gasteiger partial charge in [-0.05, 0) is 55.2 Å². The second-order valence-corrected chi connectivity index (χ2v) is 6.79. The second kappa shape index (κ2) is 6.69. The van der Waals surface area contributed by atoms with Gasteiger partial charge in [0, 0.05) is 17.1 Å². The van der Waals surface area contributed by atoms with E-state index in [1.54, 1.807) is 24.3 Å². The number of carbonyl (C=O) groups is 2. The molecule has 0 radical (unpaired) electrons. The minimum absolute atomic E-state index is 0.244. The van der Waals surface area contributed by atoms with E-state index in [9.17, 15) is 9.59 Å². The number of ether oxygens (including phenoxy) is 1. The number of fused-ring (bicyclic) bond motifs is 2. The van der Waals surface area contributed by atoms with Gasteiger partial charge in [-0.25, -0.2) is 0 Å². The molecule has 4 nitrogen and oxygen atoms in total. The zero-order chi connectivity index (χ0) is 15.5. The van der Waals surface area contributed by atoms with Crippen LogP contribution in [0.15, 0.2) is 24.3 Å². The fourth-order valence-electron chi connectivity index (χ4n) is 3.81. The van der Waals surface area contributed by atoms with Crippen LogP contribution in [0.5, 0.6) is 0 Å². The van der Waals surface area contributed by atoms with Crippen LogP contribution in [0.2, 0.25) is 5.02 Å². The lowest BCUT2D eigenvalue weighted by Crippen LogP contribution is -2.23. The van der Waals surface area contributed by atoms with Crippen LogP contribution in [0.3, 0.4) is 0 Å². The Kier molecular flexibility index (Phi) is 4.67. The first-order chi connectivity index (χ1) is 10.6. The molecule has 1 amide bonds. The number of hydrogen-bond acceptors (Lipinski definition) is 3. The molecule has 1 N–H and O–H groups in total. The molecule has 1 aromatic rings. The van der Waals surface area contributed by atoms with Crippen molar-refractivity contribution in [2.45, 2.75) is 32.1 Å². The topological polar surface area (TPSA) is 55.4 Å². The number of rotatable bonds is 5. The molecule has 0 aromatic heterocycles. The molecule has 2 fully saturated rings. The molecular formula is C17H20ClNO3. The Morgan fingerprint density at radius 1 is 1.27 bits per heavy atom. The molecule has 2 aliphatic rings. The van der Waals surface area contributed by atoms with Crippen LogP contribution in [0.4, 0.5) is 5.69 Å². The monoisotopic (exact) mass is 321 g/mol. The number of amides is 1. The maximum absolute atomic E-state index is 11.9. The van der Waals surface area contributed by atoms with E-state index in [0.717, 1.165) is 12.3 Å². The molecule has 22 heavy (non-hydrogen) atoms. The van der Waals surface area contributed by atoms with Gasteiger partial charge in [0.15, 0.2) is 6.61 Å². The Morgan fingerprint density at radius 3 is 2.82 bits per heavy atom. The largest absolute Gasteiger partial charge is 0.456 e. The molecule has 3 atom stereocenters. The molecule has 0 spiro atoms. The lowest BCUT2D eigenvalue weighted by atomic mass is 9.86. The minimum atomic E-state index is -0.344. The zero-order valence-electron chi connectivity index (χ0n) is 12.4. The Bertz CT molecular complexity index is 575. The summed E-state index contributed by atoms with van der Waals surface area (Å²) >= 11 is 5.85. The maximum Gasteiger partial charge on any atom is 0.306 e. The highest BCUT2D eigenvalue weighted by molar-refractivity contribution is 6.30. The van der Waals surface area contributed by atoms with Gasteiger partial charge >= 0.3 is 5.97 Å². The van der Waals surface area contributed by atoms with E-state index >= 15 is 0 Å². The summed E-state index contributed by atoms with van der Waals surface area (Å²) in [5.74, 6) is 1.36. The number of carbonyl (C=O) groups excluding carboxylic acids is 2. The average molecular weight is 322 g/mol. The van der Waals surface area contributed by atoms with Gasteiger partial charge in [0.1, 0.15) is 0 Å². The van der Waals surface area contributed by atoms with Crippen LogP contribution in [-0.2, 0) is 14.3 Å². The molecule has 2 bridgehead atoms. The molecule has 0 heterocycles. The fraction of sp³-hybridized carbons (Fsp3) is 0.529. The van der Waals surface area contributed by atoms with Crippen LogP contribution in [0, 0.1) is 17.8 Å². The van der Waals surface area contributed by atoms with Gasteiger partial charge in [0.25, 0.3) is 5.91 Å². The van der Waals surface area contributed by atoms with Crippen molar-refractivity contribution in [3.63, 3.8) is 0 Å². The highest BCUT2D eigenvalue weighted by atomic mass is 35.5. The molecule has 3 rings (SSSR count). The van der Waals surface area contributed by atoms with Crippen molar-refractivity contribution in [2.75, 3.05) is 11.9 Å². The summed E-state index contributed by atoms with van der Waals surface area (Å²) in [6, 6.07) is 6.86. The predicted octanol–water partition coefficient (Wildman–Crippen LogP) is 3.65. The third kappa shape index (κ3) is 3.80. The third-order valence-electron chi connectivity index (χ3n) is 4.79. The Labute approximate surface area is 135 Å². The molecule has 0 aliphatic heterocycles. The third-order valence-corrected chi connectivity index (χ3v) is 5.02. The van der Waals surface area contributed by atoms with Crippen LogP contribution < -0.4 is 5.32 Å². The van der Waals surface area contributed by atoms with Crippen molar-refractivity contribution in [3.8, 4) is 0 Å². The van der Waals surface area contributed by atoms with Gasteiger partial charge in [-0.3, -0.25) is 9.59 Å².